The van der Waals surface area contributed by atoms with E-state index in [9.17, 15) is 9.59 Å². The van der Waals surface area contributed by atoms with Crippen molar-refractivity contribution in [2.24, 2.45) is 0 Å². The van der Waals surface area contributed by atoms with Gasteiger partial charge in [-0.1, -0.05) is 24.3 Å². The molecule has 0 aromatic heterocycles. The van der Waals surface area contributed by atoms with Crippen LogP contribution in [-0.2, 0) is 4.79 Å². The van der Waals surface area contributed by atoms with Crippen LogP contribution in [0.1, 0.15) is 34.3 Å². The van der Waals surface area contributed by atoms with Gasteiger partial charge in [-0.2, -0.15) is 0 Å². The van der Waals surface area contributed by atoms with Crippen molar-refractivity contribution in [1.82, 2.24) is 4.90 Å². The summed E-state index contributed by atoms with van der Waals surface area (Å²) in [5.74, 6) is -0.128. The van der Waals surface area contributed by atoms with Crippen molar-refractivity contribution < 1.29 is 9.59 Å². The third kappa shape index (κ3) is 4.35. The number of hydrogen-bond acceptors (Lipinski definition) is 2. The Kier molecular flexibility index (Phi) is 5.29. The van der Waals surface area contributed by atoms with Crippen LogP contribution in [0.3, 0.4) is 0 Å². The molecule has 1 aliphatic rings. The first kappa shape index (κ1) is 17.0. The third-order valence-corrected chi connectivity index (χ3v) is 4.40. The van der Waals surface area contributed by atoms with Gasteiger partial charge >= 0.3 is 0 Å². The van der Waals surface area contributed by atoms with Crippen molar-refractivity contribution in [3.05, 3.63) is 71.3 Å². The number of rotatable bonds is 4. The fourth-order valence-electron chi connectivity index (χ4n) is 2.92. The molecule has 0 radical (unpaired) electrons. The molecule has 128 valence electrons. The highest BCUT2D eigenvalue weighted by Gasteiger charge is 2.19. The predicted molar refractivity (Wildman–Crippen MR) is 100 cm³/mol. The van der Waals surface area contributed by atoms with Gasteiger partial charge < -0.3 is 10.2 Å². The average molecular weight is 334 g/mol. The van der Waals surface area contributed by atoms with Gasteiger partial charge in [-0.05, 0) is 61.2 Å². The minimum absolute atomic E-state index is 0.0647. The summed E-state index contributed by atoms with van der Waals surface area (Å²) >= 11 is 0. The molecule has 4 nitrogen and oxygen atoms in total. The maximum atomic E-state index is 12.3. The summed E-state index contributed by atoms with van der Waals surface area (Å²) in [6, 6.07) is 15.0. The summed E-state index contributed by atoms with van der Waals surface area (Å²) in [6.07, 6.45) is 5.47. The molecule has 0 aliphatic carbocycles. The highest BCUT2D eigenvalue weighted by Crippen LogP contribution is 2.16. The van der Waals surface area contributed by atoms with Crippen LogP contribution in [0.5, 0.6) is 0 Å². The summed E-state index contributed by atoms with van der Waals surface area (Å²) in [6.45, 7) is 3.68. The van der Waals surface area contributed by atoms with Crippen molar-refractivity contribution in [2.45, 2.75) is 19.8 Å². The van der Waals surface area contributed by atoms with Crippen LogP contribution >= 0.6 is 0 Å². The molecule has 0 spiro atoms. The number of hydrogen-bond donors (Lipinski definition) is 1. The van der Waals surface area contributed by atoms with E-state index < -0.39 is 0 Å². The normalized spacial score (nSPS) is 14.0. The van der Waals surface area contributed by atoms with Gasteiger partial charge in [0.05, 0.1) is 0 Å². The molecule has 0 saturated carbocycles. The number of carbonyl (C=O) groups is 2. The number of aryl methyl sites for hydroxylation is 1. The lowest BCUT2D eigenvalue weighted by Crippen LogP contribution is -2.27. The number of benzene rings is 2. The fraction of sp³-hybridized carbons (Fsp3) is 0.238. The first-order chi connectivity index (χ1) is 12.1. The minimum atomic E-state index is -0.193. The standard InChI is InChI=1S/C21H22N2O2/c1-16-6-2-3-7-17(16)10-13-20(24)22-19-11-8-18(9-12-19)21(25)23-14-4-5-15-23/h2-3,6-13H,4-5,14-15H2,1H3,(H,22,24)/b13-10+. The highest BCUT2D eigenvalue weighted by molar-refractivity contribution is 6.02. The first-order valence-corrected chi connectivity index (χ1v) is 8.57. The third-order valence-electron chi connectivity index (χ3n) is 4.40. The Morgan fingerprint density at radius 2 is 1.68 bits per heavy atom. The van der Waals surface area contributed by atoms with Gasteiger partial charge in [-0.15, -0.1) is 0 Å². The van der Waals surface area contributed by atoms with Crippen LogP contribution in [0.4, 0.5) is 5.69 Å². The topological polar surface area (TPSA) is 49.4 Å². The van der Waals surface area contributed by atoms with Crippen molar-refractivity contribution in [3.63, 3.8) is 0 Å². The molecular weight excluding hydrogens is 312 g/mol. The maximum absolute atomic E-state index is 12.3. The van der Waals surface area contributed by atoms with E-state index in [0.29, 0.717) is 11.3 Å². The second kappa shape index (κ2) is 7.79. The molecule has 4 heteroatoms. The van der Waals surface area contributed by atoms with E-state index in [1.807, 2.05) is 36.1 Å². The Balaban J connectivity index is 1.60. The van der Waals surface area contributed by atoms with Gasteiger partial charge in [0.1, 0.15) is 0 Å². The van der Waals surface area contributed by atoms with E-state index >= 15 is 0 Å². The Morgan fingerprint density at radius 3 is 2.36 bits per heavy atom. The molecule has 2 amide bonds. The molecule has 2 aromatic rings. The molecule has 0 unspecified atom stereocenters. The number of likely N-dealkylation sites (tertiary alicyclic amines) is 1. The van der Waals surface area contributed by atoms with Crippen molar-refractivity contribution in [1.29, 1.82) is 0 Å². The molecule has 25 heavy (non-hydrogen) atoms. The molecule has 0 bridgehead atoms. The lowest BCUT2D eigenvalue weighted by molar-refractivity contribution is -0.111. The van der Waals surface area contributed by atoms with Crippen LogP contribution in [0.15, 0.2) is 54.6 Å². The number of carbonyl (C=O) groups excluding carboxylic acids is 2. The van der Waals surface area contributed by atoms with Gasteiger partial charge in [-0.25, -0.2) is 0 Å². The average Bonchev–Trinajstić information content (AvgIpc) is 3.16. The quantitative estimate of drug-likeness (QED) is 0.863. The summed E-state index contributed by atoms with van der Waals surface area (Å²) in [7, 11) is 0. The lowest BCUT2D eigenvalue weighted by atomic mass is 10.1. The molecular formula is C21H22N2O2. The van der Waals surface area contributed by atoms with Gasteiger partial charge in [0.2, 0.25) is 5.91 Å². The molecule has 1 aliphatic heterocycles. The maximum Gasteiger partial charge on any atom is 0.253 e. The van der Waals surface area contributed by atoms with Crippen LogP contribution in [0.25, 0.3) is 6.08 Å². The molecule has 0 atom stereocenters. The smallest absolute Gasteiger partial charge is 0.253 e. The highest BCUT2D eigenvalue weighted by atomic mass is 16.2. The van der Waals surface area contributed by atoms with E-state index in [2.05, 4.69) is 5.32 Å². The monoisotopic (exact) mass is 334 g/mol. The van der Waals surface area contributed by atoms with Crippen LogP contribution in [-0.4, -0.2) is 29.8 Å². The lowest BCUT2D eigenvalue weighted by Gasteiger charge is -2.15. The molecule has 1 heterocycles. The van der Waals surface area contributed by atoms with E-state index in [-0.39, 0.29) is 11.8 Å². The number of nitrogens with zero attached hydrogens (tertiary/aromatic N) is 1. The SMILES string of the molecule is Cc1ccccc1/C=C/C(=O)Nc1ccc(C(=O)N2CCCC2)cc1. The van der Waals surface area contributed by atoms with Crippen LogP contribution in [0.2, 0.25) is 0 Å². The summed E-state index contributed by atoms with van der Waals surface area (Å²) < 4.78 is 0. The minimum Gasteiger partial charge on any atom is -0.339 e. The predicted octanol–water partition coefficient (Wildman–Crippen LogP) is 3.88. The van der Waals surface area contributed by atoms with E-state index in [1.54, 1.807) is 30.3 Å². The van der Waals surface area contributed by atoms with E-state index in [1.165, 1.54) is 6.08 Å². The van der Waals surface area contributed by atoms with Crippen molar-refractivity contribution in [3.8, 4) is 0 Å². The first-order valence-electron chi connectivity index (χ1n) is 8.57. The zero-order valence-corrected chi connectivity index (χ0v) is 14.4. The van der Waals surface area contributed by atoms with Crippen molar-refractivity contribution in [2.75, 3.05) is 18.4 Å². The largest absolute Gasteiger partial charge is 0.339 e. The second-order valence-electron chi connectivity index (χ2n) is 6.26. The van der Waals surface area contributed by atoms with Crippen molar-refractivity contribution >= 4 is 23.6 Å². The van der Waals surface area contributed by atoms with E-state index in [4.69, 9.17) is 0 Å². The van der Waals surface area contributed by atoms with E-state index in [0.717, 1.165) is 37.1 Å². The molecule has 2 aromatic carbocycles. The zero-order valence-electron chi connectivity index (χ0n) is 14.4. The van der Waals surface area contributed by atoms with Crippen LogP contribution in [0, 0.1) is 6.92 Å². The summed E-state index contributed by atoms with van der Waals surface area (Å²) in [5.41, 5.74) is 3.48. The number of amides is 2. The molecule has 1 fully saturated rings. The van der Waals surface area contributed by atoms with Gasteiger partial charge in [0.15, 0.2) is 0 Å². The zero-order chi connectivity index (χ0) is 17.6. The summed E-state index contributed by atoms with van der Waals surface area (Å²) in [5, 5.41) is 2.82. The Morgan fingerprint density at radius 1 is 1.00 bits per heavy atom. The van der Waals surface area contributed by atoms with Gasteiger partial charge in [0.25, 0.3) is 5.91 Å². The molecule has 1 N–H and O–H groups in total. The fourth-order valence-corrected chi connectivity index (χ4v) is 2.92. The Hall–Kier alpha value is -2.88. The second-order valence-corrected chi connectivity index (χ2v) is 6.26. The Bertz CT molecular complexity index is 788. The number of anilines is 1. The molecule has 1 saturated heterocycles. The number of nitrogens with one attached hydrogen (secondary N) is 1. The van der Waals surface area contributed by atoms with Crippen LogP contribution < -0.4 is 5.32 Å². The van der Waals surface area contributed by atoms with Gasteiger partial charge in [-0.3, -0.25) is 9.59 Å². The Labute approximate surface area is 148 Å². The summed E-state index contributed by atoms with van der Waals surface area (Å²) in [4.78, 5) is 26.2. The molecule has 3 rings (SSSR count). The van der Waals surface area contributed by atoms with Gasteiger partial charge in [0, 0.05) is 30.4 Å².